The van der Waals surface area contributed by atoms with Crippen molar-refractivity contribution in [2.45, 2.75) is 46.5 Å². The van der Waals surface area contributed by atoms with Gasteiger partial charge < -0.3 is 0 Å². The van der Waals surface area contributed by atoms with Gasteiger partial charge >= 0.3 is 0 Å². The fraction of sp³-hybridized carbons (Fsp3) is 0.550. The monoisotopic (exact) mass is 307 g/mol. The molecule has 0 saturated heterocycles. The minimum Gasteiger partial charge on any atom is -0.295 e. The molecule has 3 atom stereocenters. The van der Waals surface area contributed by atoms with Crippen LogP contribution in [0.15, 0.2) is 23.3 Å². The van der Waals surface area contributed by atoms with E-state index in [2.05, 4.69) is 12.0 Å². The van der Waals surface area contributed by atoms with Crippen LogP contribution in [-0.2, 0) is 9.59 Å². The van der Waals surface area contributed by atoms with Crippen LogP contribution in [0.2, 0.25) is 0 Å². The van der Waals surface area contributed by atoms with Crippen LogP contribution in [0.3, 0.4) is 0 Å². The van der Waals surface area contributed by atoms with Crippen LogP contribution < -0.4 is 0 Å². The maximum Gasteiger partial charge on any atom is 0.178 e. The molecule has 0 heterocycles. The molecule has 0 N–H and O–H groups in total. The number of carbonyl (C=O) groups excluding carboxylic acids is 2. The van der Waals surface area contributed by atoms with Crippen molar-refractivity contribution >= 4 is 11.6 Å². The standard InChI is InChI=1S/C20H21NO2/c1-5-20-8-6-14(22)10-16(20)19(4)11-13(12-21)17(23)18(2,3)15(19)7-9-20/h1,10-11,15H,6-9H2,2-4H3/t15-,19-,20+/m0/s1. The lowest BCUT2D eigenvalue weighted by molar-refractivity contribution is -0.130. The van der Waals surface area contributed by atoms with Crippen molar-refractivity contribution in [3.63, 3.8) is 0 Å². The molecule has 3 aliphatic rings. The number of terminal acetylenes is 1. The Morgan fingerprint density at radius 2 is 1.96 bits per heavy atom. The number of ketones is 2. The summed E-state index contributed by atoms with van der Waals surface area (Å²) in [5.41, 5.74) is -0.416. The first-order valence-electron chi connectivity index (χ1n) is 8.12. The summed E-state index contributed by atoms with van der Waals surface area (Å²) in [5.74, 6) is 3.00. The molecule has 3 heteroatoms. The molecule has 0 spiro atoms. The first-order valence-corrected chi connectivity index (χ1v) is 8.12. The Labute approximate surface area is 137 Å². The Kier molecular flexibility index (Phi) is 3.21. The van der Waals surface area contributed by atoms with Crippen molar-refractivity contribution in [3.8, 4) is 18.4 Å². The maximum atomic E-state index is 12.6. The third-order valence-corrected chi connectivity index (χ3v) is 6.32. The molecule has 0 aromatic rings. The van der Waals surface area contributed by atoms with Gasteiger partial charge in [-0.2, -0.15) is 5.26 Å². The molecular formula is C20H21NO2. The second-order valence-electron chi connectivity index (χ2n) is 7.85. The van der Waals surface area contributed by atoms with Gasteiger partial charge in [0.25, 0.3) is 0 Å². The van der Waals surface area contributed by atoms with E-state index in [9.17, 15) is 14.9 Å². The van der Waals surface area contributed by atoms with E-state index < -0.39 is 16.2 Å². The van der Waals surface area contributed by atoms with E-state index in [4.69, 9.17) is 6.42 Å². The highest BCUT2D eigenvalue weighted by molar-refractivity contribution is 6.04. The van der Waals surface area contributed by atoms with Crippen LogP contribution in [0.25, 0.3) is 0 Å². The SMILES string of the molecule is C#C[C@]12CCC(=O)C=C1[C@@]1(C)C=C(C#N)C(=O)C(C)(C)[C@@H]1CC2. The third kappa shape index (κ3) is 1.89. The van der Waals surface area contributed by atoms with Crippen molar-refractivity contribution in [3.05, 3.63) is 23.3 Å². The van der Waals surface area contributed by atoms with Gasteiger partial charge in [0, 0.05) is 17.3 Å². The van der Waals surface area contributed by atoms with E-state index in [1.807, 2.05) is 20.8 Å². The third-order valence-electron chi connectivity index (χ3n) is 6.32. The van der Waals surface area contributed by atoms with Crippen LogP contribution in [0.5, 0.6) is 0 Å². The number of rotatable bonds is 0. The molecule has 3 nitrogen and oxygen atoms in total. The molecule has 0 amide bonds. The van der Waals surface area contributed by atoms with Gasteiger partial charge in [-0.05, 0) is 36.8 Å². The van der Waals surface area contributed by atoms with Crippen LogP contribution in [0, 0.1) is 45.8 Å². The van der Waals surface area contributed by atoms with Crippen molar-refractivity contribution in [2.24, 2.45) is 22.2 Å². The fourth-order valence-corrected chi connectivity index (χ4v) is 5.12. The fourth-order valence-electron chi connectivity index (χ4n) is 5.12. The summed E-state index contributed by atoms with van der Waals surface area (Å²) in [5, 5.41) is 9.40. The van der Waals surface area contributed by atoms with Gasteiger partial charge in [0.1, 0.15) is 6.07 Å². The zero-order valence-electron chi connectivity index (χ0n) is 13.9. The minimum absolute atomic E-state index is 0.0539. The molecule has 0 bridgehead atoms. The zero-order chi connectivity index (χ0) is 17.0. The Morgan fingerprint density at radius 3 is 2.57 bits per heavy atom. The molecule has 0 aromatic heterocycles. The van der Waals surface area contributed by atoms with E-state index >= 15 is 0 Å². The van der Waals surface area contributed by atoms with Crippen molar-refractivity contribution < 1.29 is 9.59 Å². The van der Waals surface area contributed by atoms with Crippen LogP contribution in [0.1, 0.15) is 46.5 Å². The van der Waals surface area contributed by atoms with Crippen molar-refractivity contribution in [1.29, 1.82) is 5.26 Å². The zero-order valence-corrected chi connectivity index (χ0v) is 13.9. The van der Waals surface area contributed by atoms with E-state index in [1.54, 1.807) is 12.2 Å². The maximum absolute atomic E-state index is 12.6. The number of Topliss-reactive ketones (excluding diaryl/α,β-unsaturated/α-hetero) is 1. The number of nitriles is 1. The van der Waals surface area contributed by atoms with E-state index in [0.717, 1.165) is 18.4 Å². The van der Waals surface area contributed by atoms with Crippen molar-refractivity contribution in [1.82, 2.24) is 0 Å². The summed E-state index contributed by atoms with van der Waals surface area (Å²) in [6.07, 6.45) is 12.1. The number of hydrogen-bond acceptors (Lipinski definition) is 3. The average molecular weight is 307 g/mol. The number of allylic oxidation sites excluding steroid dienone is 4. The second-order valence-corrected chi connectivity index (χ2v) is 7.85. The molecule has 1 fully saturated rings. The second kappa shape index (κ2) is 4.68. The highest BCUT2D eigenvalue weighted by Crippen LogP contribution is 2.63. The predicted octanol–water partition coefficient (Wildman–Crippen LogP) is 3.37. The molecule has 118 valence electrons. The largest absolute Gasteiger partial charge is 0.295 e. The van der Waals surface area contributed by atoms with Crippen molar-refractivity contribution in [2.75, 3.05) is 0 Å². The molecule has 0 aliphatic heterocycles. The topological polar surface area (TPSA) is 57.9 Å². The summed E-state index contributed by atoms with van der Waals surface area (Å²) >= 11 is 0. The first-order chi connectivity index (χ1) is 10.7. The molecule has 23 heavy (non-hydrogen) atoms. The summed E-state index contributed by atoms with van der Waals surface area (Å²) in [4.78, 5) is 24.7. The Hall–Kier alpha value is -2.13. The van der Waals surface area contributed by atoms with E-state index in [0.29, 0.717) is 12.8 Å². The molecular weight excluding hydrogens is 286 g/mol. The first kappa shape index (κ1) is 15.8. The molecule has 0 radical (unpaired) electrons. The predicted molar refractivity (Wildman–Crippen MR) is 86.9 cm³/mol. The van der Waals surface area contributed by atoms with Gasteiger partial charge in [0.15, 0.2) is 11.6 Å². The van der Waals surface area contributed by atoms with Crippen LogP contribution >= 0.6 is 0 Å². The van der Waals surface area contributed by atoms with E-state index in [-0.39, 0.29) is 23.1 Å². The lowest BCUT2D eigenvalue weighted by atomic mass is 9.45. The van der Waals surface area contributed by atoms with Gasteiger partial charge in [-0.3, -0.25) is 9.59 Å². The number of carbonyl (C=O) groups is 2. The number of fused-ring (bicyclic) bond motifs is 3. The molecule has 0 aromatic carbocycles. The molecule has 3 rings (SSSR count). The van der Waals surface area contributed by atoms with Gasteiger partial charge in [0.2, 0.25) is 0 Å². The highest BCUT2D eigenvalue weighted by atomic mass is 16.1. The Balaban J connectivity index is 2.29. The van der Waals surface area contributed by atoms with Crippen LogP contribution in [-0.4, -0.2) is 11.6 Å². The Bertz CT molecular complexity index is 755. The molecule has 3 aliphatic carbocycles. The summed E-state index contributed by atoms with van der Waals surface area (Å²) < 4.78 is 0. The molecule has 0 unspecified atom stereocenters. The van der Waals surface area contributed by atoms with Crippen LogP contribution in [0.4, 0.5) is 0 Å². The lowest BCUT2D eigenvalue weighted by Crippen LogP contribution is -2.53. The smallest absolute Gasteiger partial charge is 0.178 e. The van der Waals surface area contributed by atoms with E-state index in [1.165, 1.54) is 0 Å². The normalized spacial score (nSPS) is 38.4. The van der Waals surface area contributed by atoms with Gasteiger partial charge in [-0.15, -0.1) is 6.42 Å². The molecule has 1 saturated carbocycles. The summed E-state index contributed by atoms with van der Waals surface area (Å²) in [6, 6.07) is 2.05. The van der Waals surface area contributed by atoms with Gasteiger partial charge in [-0.1, -0.05) is 32.8 Å². The quantitative estimate of drug-likeness (QED) is 0.645. The Morgan fingerprint density at radius 1 is 1.26 bits per heavy atom. The lowest BCUT2D eigenvalue weighted by Gasteiger charge is -2.57. The summed E-state index contributed by atoms with van der Waals surface area (Å²) in [7, 11) is 0. The van der Waals surface area contributed by atoms with Gasteiger partial charge in [0.05, 0.1) is 11.0 Å². The number of nitrogens with zero attached hydrogens (tertiary/aromatic N) is 1. The highest BCUT2D eigenvalue weighted by Gasteiger charge is 2.59. The average Bonchev–Trinajstić information content (AvgIpc) is 2.52. The van der Waals surface area contributed by atoms with Gasteiger partial charge in [-0.25, -0.2) is 0 Å². The minimum atomic E-state index is -0.628. The summed E-state index contributed by atoms with van der Waals surface area (Å²) in [6.45, 7) is 5.87. The number of hydrogen-bond donors (Lipinski definition) is 0.